The van der Waals surface area contributed by atoms with Gasteiger partial charge in [-0.1, -0.05) is 12.1 Å². The zero-order chi connectivity index (χ0) is 21.7. The predicted molar refractivity (Wildman–Crippen MR) is 104 cm³/mol. The number of alkyl halides is 3. The van der Waals surface area contributed by atoms with Crippen molar-refractivity contribution in [3.05, 3.63) is 78.0 Å². The van der Waals surface area contributed by atoms with Crippen LogP contribution in [0.15, 0.2) is 70.2 Å². The lowest BCUT2D eigenvalue weighted by atomic mass is 10.1. The minimum atomic E-state index is -4.79. The monoisotopic (exact) mass is 438 g/mol. The SMILES string of the molecule is O=C(CSc1ccccc1F)Nc1ccc(NC(=O)c2ccco2)cc1C(F)(F)F. The minimum Gasteiger partial charge on any atom is -0.459 e. The fourth-order valence-corrected chi connectivity index (χ4v) is 3.20. The maximum absolute atomic E-state index is 13.6. The van der Waals surface area contributed by atoms with E-state index in [0.29, 0.717) is 6.07 Å². The van der Waals surface area contributed by atoms with E-state index in [9.17, 15) is 27.2 Å². The molecule has 3 rings (SSSR count). The van der Waals surface area contributed by atoms with Crippen LogP contribution in [0.4, 0.5) is 28.9 Å². The number of amides is 2. The molecule has 3 aromatic rings. The Balaban J connectivity index is 1.73. The maximum atomic E-state index is 13.6. The van der Waals surface area contributed by atoms with Gasteiger partial charge in [0.2, 0.25) is 5.91 Å². The molecule has 0 atom stereocenters. The Morgan fingerprint density at radius 3 is 2.43 bits per heavy atom. The number of hydrogen-bond donors (Lipinski definition) is 2. The quantitative estimate of drug-likeness (QED) is 0.398. The molecule has 0 spiro atoms. The molecule has 5 nitrogen and oxygen atoms in total. The van der Waals surface area contributed by atoms with Crippen LogP contribution >= 0.6 is 11.8 Å². The highest BCUT2D eigenvalue weighted by Crippen LogP contribution is 2.37. The highest BCUT2D eigenvalue weighted by Gasteiger charge is 2.34. The predicted octanol–water partition coefficient (Wildman–Crippen LogP) is 5.42. The Hall–Kier alpha value is -3.27. The van der Waals surface area contributed by atoms with Gasteiger partial charge in [-0.2, -0.15) is 13.2 Å². The molecule has 0 aliphatic carbocycles. The smallest absolute Gasteiger partial charge is 0.418 e. The first-order valence-corrected chi connectivity index (χ1v) is 9.46. The van der Waals surface area contributed by atoms with E-state index in [1.165, 1.54) is 42.7 Å². The third-order valence-electron chi connectivity index (χ3n) is 3.80. The van der Waals surface area contributed by atoms with Crippen LogP contribution in [0.25, 0.3) is 0 Å². The average molecular weight is 438 g/mol. The van der Waals surface area contributed by atoms with Crippen molar-refractivity contribution in [1.29, 1.82) is 0 Å². The second-order valence-electron chi connectivity index (χ2n) is 5.96. The molecule has 0 fully saturated rings. The van der Waals surface area contributed by atoms with Gasteiger partial charge >= 0.3 is 6.18 Å². The molecule has 2 aromatic carbocycles. The summed E-state index contributed by atoms with van der Waals surface area (Å²) in [5.74, 6) is -2.32. The molecule has 0 unspecified atom stereocenters. The Morgan fingerprint density at radius 1 is 1.00 bits per heavy atom. The van der Waals surface area contributed by atoms with Crippen molar-refractivity contribution in [3.63, 3.8) is 0 Å². The summed E-state index contributed by atoms with van der Waals surface area (Å²) in [5, 5.41) is 4.48. The Labute approximate surface area is 172 Å². The molecule has 0 bridgehead atoms. The van der Waals surface area contributed by atoms with Gasteiger partial charge in [-0.25, -0.2) is 4.39 Å². The van der Waals surface area contributed by atoms with Gasteiger partial charge in [0.1, 0.15) is 5.82 Å². The molecule has 1 heterocycles. The van der Waals surface area contributed by atoms with Crippen LogP contribution in [0, 0.1) is 5.82 Å². The lowest BCUT2D eigenvalue weighted by Gasteiger charge is -2.15. The van der Waals surface area contributed by atoms with Crippen molar-refractivity contribution in [2.45, 2.75) is 11.1 Å². The molecule has 0 aliphatic heterocycles. The molecular weight excluding hydrogens is 424 g/mol. The van der Waals surface area contributed by atoms with Gasteiger partial charge in [0.25, 0.3) is 5.91 Å². The van der Waals surface area contributed by atoms with Crippen LogP contribution in [-0.2, 0) is 11.0 Å². The molecule has 156 valence electrons. The Morgan fingerprint density at radius 2 is 1.77 bits per heavy atom. The molecule has 10 heteroatoms. The first kappa shape index (κ1) is 21.4. The standard InChI is InChI=1S/C20H14F4N2O3S/c21-14-4-1-2-6-17(14)30-11-18(27)26-15-8-7-12(10-13(15)20(22,23)24)25-19(28)16-5-3-9-29-16/h1-10H,11H2,(H,25,28)(H,26,27). The first-order valence-electron chi connectivity index (χ1n) is 8.47. The van der Waals surface area contributed by atoms with Crippen molar-refractivity contribution < 1.29 is 31.6 Å². The van der Waals surface area contributed by atoms with E-state index in [0.717, 1.165) is 17.8 Å². The number of halogens is 4. The Bertz CT molecular complexity index is 1050. The van der Waals surface area contributed by atoms with E-state index in [1.807, 2.05) is 0 Å². The fraction of sp³-hybridized carbons (Fsp3) is 0.100. The number of nitrogens with one attached hydrogen (secondary N) is 2. The van der Waals surface area contributed by atoms with Crippen molar-refractivity contribution in [2.24, 2.45) is 0 Å². The number of benzene rings is 2. The van der Waals surface area contributed by atoms with Gasteiger partial charge < -0.3 is 15.1 Å². The number of carbonyl (C=O) groups is 2. The zero-order valence-electron chi connectivity index (χ0n) is 15.1. The van der Waals surface area contributed by atoms with Crippen LogP contribution in [0.1, 0.15) is 16.1 Å². The van der Waals surface area contributed by atoms with E-state index in [-0.39, 0.29) is 22.1 Å². The highest BCUT2D eigenvalue weighted by molar-refractivity contribution is 8.00. The molecule has 30 heavy (non-hydrogen) atoms. The number of hydrogen-bond acceptors (Lipinski definition) is 4. The van der Waals surface area contributed by atoms with Crippen LogP contribution in [0.3, 0.4) is 0 Å². The summed E-state index contributed by atoms with van der Waals surface area (Å²) >= 11 is 0.862. The summed E-state index contributed by atoms with van der Waals surface area (Å²) in [7, 11) is 0. The first-order chi connectivity index (χ1) is 14.2. The average Bonchev–Trinajstić information content (AvgIpc) is 3.23. The van der Waals surface area contributed by atoms with Crippen molar-refractivity contribution in [3.8, 4) is 0 Å². The van der Waals surface area contributed by atoms with E-state index in [4.69, 9.17) is 4.42 Å². The third-order valence-corrected chi connectivity index (χ3v) is 4.85. The van der Waals surface area contributed by atoms with Gasteiger partial charge in [-0.3, -0.25) is 9.59 Å². The number of thioether (sulfide) groups is 1. The number of furan rings is 1. The summed E-state index contributed by atoms with van der Waals surface area (Å²) in [6, 6.07) is 11.5. The summed E-state index contributed by atoms with van der Waals surface area (Å²) in [6.45, 7) is 0. The summed E-state index contributed by atoms with van der Waals surface area (Å²) in [4.78, 5) is 24.3. The fourth-order valence-electron chi connectivity index (χ4n) is 2.46. The maximum Gasteiger partial charge on any atom is 0.418 e. The van der Waals surface area contributed by atoms with E-state index < -0.39 is 35.1 Å². The largest absolute Gasteiger partial charge is 0.459 e. The van der Waals surface area contributed by atoms with Gasteiger partial charge in [-0.15, -0.1) is 11.8 Å². The van der Waals surface area contributed by atoms with Crippen LogP contribution in [0.2, 0.25) is 0 Å². The van der Waals surface area contributed by atoms with E-state index in [1.54, 1.807) is 6.07 Å². The van der Waals surface area contributed by atoms with Crippen molar-refractivity contribution in [1.82, 2.24) is 0 Å². The van der Waals surface area contributed by atoms with Gasteiger partial charge in [0.05, 0.1) is 23.3 Å². The number of rotatable bonds is 6. The van der Waals surface area contributed by atoms with Crippen molar-refractivity contribution >= 4 is 35.0 Å². The summed E-state index contributed by atoms with van der Waals surface area (Å²) in [6.07, 6.45) is -3.53. The lowest BCUT2D eigenvalue weighted by molar-refractivity contribution is -0.136. The lowest BCUT2D eigenvalue weighted by Crippen LogP contribution is -2.19. The van der Waals surface area contributed by atoms with Crippen molar-refractivity contribution in [2.75, 3.05) is 16.4 Å². The molecule has 1 aromatic heterocycles. The second-order valence-corrected chi connectivity index (χ2v) is 6.97. The van der Waals surface area contributed by atoms with E-state index >= 15 is 0 Å². The van der Waals surface area contributed by atoms with Gasteiger partial charge in [-0.05, 0) is 42.5 Å². The third kappa shape index (κ3) is 5.41. The van der Waals surface area contributed by atoms with E-state index in [2.05, 4.69) is 10.6 Å². The normalized spacial score (nSPS) is 11.2. The van der Waals surface area contributed by atoms with Crippen LogP contribution < -0.4 is 10.6 Å². The second kappa shape index (κ2) is 9.04. The molecule has 0 radical (unpaired) electrons. The molecule has 0 aliphatic rings. The molecule has 2 N–H and O–H groups in total. The van der Waals surface area contributed by atoms with Gasteiger partial charge in [0, 0.05) is 10.6 Å². The topological polar surface area (TPSA) is 71.3 Å². The van der Waals surface area contributed by atoms with Crippen LogP contribution in [0.5, 0.6) is 0 Å². The summed E-state index contributed by atoms with van der Waals surface area (Å²) in [5.41, 5.74) is -1.73. The zero-order valence-corrected chi connectivity index (χ0v) is 15.9. The molecule has 0 saturated carbocycles. The number of carbonyl (C=O) groups excluding carboxylic acids is 2. The summed E-state index contributed by atoms with van der Waals surface area (Å²) < 4.78 is 58.9. The van der Waals surface area contributed by atoms with Crippen LogP contribution in [-0.4, -0.2) is 17.6 Å². The molecular formula is C20H14F4N2O3S. The number of anilines is 2. The molecule has 2 amide bonds. The highest BCUT2D eigenvalue weighted by atomic mass is 32.2. The molecule has 0 saturated heterocycles. The van der Waals surface area contributed by atoms with Gasteiger partial charge in [0.15, 0.2) is 5.76 Å². The minimum absolute atomic E-state index is 0.0638. The Kier molecular flexibility index (Phi) is 6.46.